The third-order valence-electron chi connectivity index (χ3n) is 4.07. The summed E-state index contributed by atoms with van der Waals surface area (Å²) >= 11 is 13.5. The van der Waals surface area contributed by atoms with Crippen LogP contribution in [0.15, 0.2) is 41.4 Å². The SMILES string of the molecule is Cc1ccc(C(=O)N2CCN=C2SCc2ccc(Cl)cc2Cl)cc1[N+](=O)[O-]. The minimum Gasteiger partial charge on any atom is -0.286 e. The van der Waals surface area contributed by atoms with Gasteiger partial charge in [-0.25, -0.2) is 0 Å². The Morgan fingerprint density at radius 2 is 2.07 bits per heavy atom. The zero-order valence-corrected chi connectivity index (χ0v) is 16.6. The molecule has 0 saturated heterocycles. The number of rotatable bonds is 4. The summed E-state index contributed by atoms with van der Waals surface area (Å²) in [6.07, 6.45) is 0. The van der Waals surface area contributed by atoms with E-state index in [2.05, 4.69) is 4.99 Å². The second-order valence-corrected chi connectivity index (χ2v) is 7.69. The van der Waals surface area contributed by atoms with Gasteiger partial charge in [-0.3, -0.25) is 24.8 Å². The van der Waals surface area contributed by atoms with Crippen LogP contribution in [-0.2, 0) is 5.75 Å². The second-order valence-electron chi connectivity index (χ2n) is 5.90. The molecule has 1 aliphatic heterocycles. The van der Waals surface area contributed by atoms with Gasteiger partial charge in [0.15, 0.2) is 5.17 Å². The molecular weight excluding hydrogens is 409 g/mol. The normalized spacial score (nSPS) is 13.6. The number of thioether (sulfide) groups is 1. The molecule has 1 amide bonds. The Labute approximate surface area is 170 Å². The number of hydrogen-bond acceptors (Lipinski definition) is 5. The first-order valence-corrected chi connectivity index (χ1v) is 9.79. The lowest BCUT2D eigenvalue weighted by molar-refractivity contribution is -0.385. The molecule has 1 aliphatic rings. The van der Waals surface area contributed by atoms with E-state index in [-0.39, 0.29) is 17.2 Å². The van der Waals surface area contributed by atoms with Gasteiger partial charge in [0.1, 0.15) is 0 Å². The summed E-state index contributed by atoms with van der Waals surface area (Å²) in [6.45, 7) is 2.58. The summed E-state index contributed by atoms with van der Waals surface area (Å²) in [4.78, 5) is 29.4. The lowest BCUT2D eigenvalue weighted by Crippen LogP contribution is -2.32. The van der Waals surface area contributed by atoms with Crippen molar-refractivity contribution < 1.29 is 9.72 Å². The Hall–Kier alpha value is -2.09. The lowest BCUT2D eigenvalue weighted by atomic mass is 10.1. The monoisotopic (exact) mass is 423 g/mol. The summed E-state index contributed by atoms with van der Waals surface area (Å²) in [5, 5.41) is 12.8. The number of aliphatic imine (C=N–C) groups is 1. The molecule has 9 heteroatoms. The van der Waals surface area contributed by atoms with Gasteiger partial charge >= 0.3 is 0 Å². The summed E-state index contributed by atoms with van der Waals surface area (Å²) in [6, 6.07) is 9.76. The first kappa shape index (κ1) is 19.7. The van der Waals surface area contributed by atoms with Gasteiger partial charge in [-0.2, -0.15) is 0 Å². The van der Waals surface area contributed by atoms with Gasteiger partial charge in [0.25, 0.3) is 11.6 Å². The molecule has 0 aliphatic carbocycles. The average molecular weight is 424 g/mol. The van der Waals surface area contributed by atoms with Crippen molar-refractivity contribution in [2.75, 3.05) is 13.1 Å². The number of hydrogen-bond donors (Lipinski definition) is 0. The largest absolute Gasteiger partial charge is 0.286 e. The van der Waals surface area contributed by atoms with E-state index in [0.717, 1.165) is 5.56 Å². The van der Waals surface area contributed by atoms with Crippen LogP contribution in [0, 0.1) is 17.0 Å². The molecule has 140 valence electrons. The number of nitrogens with zero attached hydrogens (tertiary/aromatic N) is 3. The van der Waals surface area contributed by atoms with Crippen LogP contribution in [-0.4, -0.2) is 34.0 Å². The molecule has 0 aromatic heterocycles. The number of carbonyl (C=O) groups excluding carboxylic acids is 1. The standard InChI is InChI=1S/C18H15Cl2N3O3S/c1-11-2-3-12(8-16(11)23(25)26)17(24)22-7-6-21-18(22)27-10-13-4-5-14(19)9-15(13)20/h2-5,8-9H,6-7,10H2,1H3. The van der Waals surface area contributed by atoms with Gasteiger partial charge in [-0.15, -0.1) is 0 Å². The Balaban J connectivity index is 1.75. The number of amides is 1. The van der Waals surface area contributed by atoms with Crippen molar-refractivity contribution in [1.29, 1.82) is 0 Å². The summed E-state index contributed by atoms with van der Waals surface area (Å²) in [5.41, 5.74) is 1.60. The Bertz CT molecular complexity index is 949. The number of benzene rings is 2. The molecule has 0 fully saturated rings. The first-order chi connectivity index (χ1) is 12.9. The zero-order valence-electron chi connectivity index (χ0n) is 14.3. The van der Waals surface area contributed by atoms with E-state index in [4.69, 9.17) is 23.2 Å². The number of amidine groups is 1. The second kappa shape index (κ2) is 8.29. The molecule has 0 saturated carbocycles. The van der Waals surface area contributed by atoms with Gasteiger partial charge in [0, 0.05) is 39.5 Å². The third kappa shape index (κ3) is 4.43. The maximum atomic E-state index is 12.8. The smallest absolute Gasteiger partial charge is 0.273 e. The quantitative estimate of drug-likeness (QED) is 0.514. The van der Waals surface area contributed by atoms with Crippen molar-refractivity contribution in [1.82, 2.24) is 4.90 Å². The number of carbonyl (C=O) groups is 1. The molecule has 0 radical (unpaired) electrons. The zero-order chi connectivity index (χ0) is 19.6. The molecule has 27 heavy (non-hydrogen) atoms. The number of nitro groups is 1. The van der Waals surface area contributed by atoms with Crippen molar-refractivity contribution in [2.24, 2.45) is 4.99 Å². The van der Waals surface area contributed by atoms with Gasteiger partial charge in [0.2, 0.25) is 0 Å². The first-order valence-electron chi connectivity index (χ1n) is 8.05. The molecule has 0 atom stereocenters. The maximum Gasteiger partial charge on any atom is 0.273 e. The van der Waals surface area contributed by atoms with Crippen molar-refractivity contribution in [3.63, 3.8) is 0 Å². The van der Waals surface area contributed by atoms with Gasteiger partial charge in [0.05, 0.1) is 11.5 Å². The van der Waals surface area contributed by atoms with Crippen LogP contribution in [0.3, 0.4) is 0 Å². The molecule has 6 nitrogen and oxygen atoms in total. The van der Waals surface area contributed by atoms with E-state index in [0.29, 0.717) is 39.6 Å². The van der Waals surface area contributed by atoms with E-state index >= 15 is 0 Å². The highest BCUT2D eigenvalue weighted by Crippen LogP contribution is 2.28. The van der Waals surface area contributed by atoms with Crippen molar-refractivity contribution in [3.05, 3.63) is 73.2 Å². The molecule has 3 rings (SSSR count). The minimum absolute atomic E-state index is 0.0702. The molecular formula is C18H15Cl2N3O3S. The van der Waals surface area contributed by atoms with Crippen LogP contribution < -0.4 is 0 Å². The van der Waals surface area contributed by atoms with Crippen molar-refractivity contribution >= 4 is 51.7 Å². The molecule has 0 unspecified atom stereocenters. The average Bonchev–Trinajstić information content (AvgIpc) is 3.09. The lowest BCUT2D eigenvalue weighted by Gasteiger charge is -2.18. The van der Waals surface area contributed by atoms with E-state index in [1.807, 2.05) is 6.07 Å². The van der Waals surface area contributed by atoms with Crippen LogP contribution in [0.25, 0.3) is 0 Å². The molecule has 1 heterocycles. The fourth-order valence-electron chi connectivity index (χ4n) is 2.61. The number of aryl methyl sites for hydroxylation is 1. The molecule has 0 N–H and O–H groups in total. The van der Waals surface area contributed by atoms with E-state index in [9.17, 15) is 14.9 Å². The number of halogens is 2. The predicted molar refractivity (Wildman–Crippen MR) is 109 cm³/mol. The number of nitro benzene ring substituents is 1. The van der Waals surface area contributed by atoms with Crippen LogP contribution in [0.5, 0.6) is 0 Å². The highest BCUT2D eigenvalue weighted by molar-refractivity contribution is 8.13. The molecule has 2 aromatic carbocycles. The third-order valence-corrected chi connectivity index (χ3v) is 5.72. The molecule has 0 spiro atoms. The fourth-order valence-corrected chi connectivity index (χ4v) is 4.22. The topological polar surface area (TPSA) is 75.8 Å². The fraction of sp³-hybridized carbons (Fsp3) is 0.222. The van der Waals surface area contributed by atoms with Gasteiger partial charge in [-0.05, 0) is 30.7 Å². The Kier molecular flexibility index (Phi) is 6.04. The molecule has 2 aromatic rings. The summed E-state index contributed by atoms with van der Waals surface area (Å²) in [5.74, 6) is 0.233. The van der Waals surface area contributed by atoms with E-state index in [1.54, 1.807) is 36.1 Å². The minimum atomic E-state index is -0.484. The highest BCUT2D eigenvalue weighted by atomic mass is 35.5. The maximum absolute atomic E-state index is 12.8. The van der Waals surface area contributed by atoms with Gasteiger partial charge < -0.3 is 0 Å². The summed E-state index contributed by atoms with van der Waals surface area (Å²) in [7, 11) is 0. The molecule has 0 bridgehead atoms. The van der Waals surface area contributed by atoms with Crippen LogP contribution in [0.4, 0.5) is 5.69 Å². The Morgan fingerprint density at radius 3 is 2.78 bits per heavy atom. The van der Waals surface area contributed by atoms with Crippen LogP contribution >= 0.6 is 35.0 Å². The summed E-state index contributed by atoms with van der Waals surface area (Å²) < 4.78 is 0. The van der Waals surface area contributed by atoms with Crippen LogP contribution in [0.2, 0.25) is 10.0 Å². The van der Waals surface area contributed by atoms with Gasteiger partial charge in [-0.1, -0.05) is 47.1 Å². The van der Waals surface area contributed by atoms with Crippen LogP contribution in [0.1, 0.15) is 21.5 Å². The van der Waals surface area contributed by atoms with E-state index in [1.165, 1.54) is 17.8 Å². The highest BCUT2D eigenvalue weighted by Gasteiger charge is 2.27. The predicted octanol–water partition coefficient (Wildman–Crippen LogP) is 4.96. The van der Waals surface area contributed by atoms with E-state index < -0.39 is 4.92 Å². The Morgan fingerprint density at radius 1 is 1.30 bits per heavy atom. The van der Waals surface area contributed by atoms with Crippen molar-refractivity contribution in [3.8, 4) is 0 Å². The van der Waals surface area contributed by atoms with Crippen molar-refractivity contribution in [2.45, 2.75) is 12.7 Å².